The molecule has 8 rings (SSSR count). The van der Waals surface area contributed by atoms with Gasteiger partial charge in [0.15, 0.2) is 11.5 Å². The lowest BCUT2D eigenvalue weighted by Gasteiger charge is -2.29. The third-order valence-corrected chi connectivity index (χ3v) is 11.3. The van der Waals surface area contributed by atoms with Gasteiger partial charge in [-0.25, -0.2) is 9.59 Å². The Labute approximate surface area is 388 Å². The molecule has 22 heteroatoms. The number of nitrogen functional groups attached to an aromatic ring is 2. The molecule has 4 amide bonds. The molecule has 1 saturated heterocycles. The first-order chi connectivity index (χ1) is 33.0. The Morgan fingerprint density at radius 3 is 2.07 bits per heavy atom. The molecule has 0 bridgehead atoms. The highest BCUT2D eigenvalue weighted by Crippen LogP contribution is 2.35. The summed E-state index contributed by atoms with van der Waals surface area (Å²) < 4.78 is 31.5. The maximum atomic E-state index is 14.0. The molecular formula is C46H51N11O11. The number of pyridine rings is 1. The monoisotopic (exact) mass is 933 g/mol. The van der Waals surface area contributed by atoms with Crippen molar-refractivity contribution in [3.8, 4) is 22.9 Å². The Hall–Kier alpha value is -7.69. The van der Waals surface area contributed by atoms with Crippen LogP contribution in [-0.4, -0.2) is 118 Å². The smallest absolute Gasteiger partial charge is 0.354 e. The molecule has 3 aliphatic rings. The van der Waals surface area contributed by atoms with Gasteiger partial charge in [-0.05, 0) is 74.1 Å². The van der Waals surface area contributed by atoms with E-state index in [-0.39, 0.29) is 65.7 Å². The molecule has 1 saturated carbocycles. The third kappa shape index (κ3) is 11.5. The van der Waals surface area contributed by atoms with E-state index in [2.05, 4.69) is 30.9 Å². The van der Waals surface area contributed by atoms with E-state index in [1.165, 1.54) is 41.8 Å². The predicted molar refractivity (Wildman–Crippen MR) is 246 cm³/mol. The van der Waals surface area contributed by atoms with Crippen molar-refractivity contribution in [2.24, 2.45) is 5.92 Å². The van der Waals surface area contributed by atoms with Gasteiger partial charge in [0.2, 0.25) is 11.8 Å². The summed E-state index contributed by atoms with van der Waals surface area (Å²) in [6.45, 7) is 3.80. The number of piperidine rings is 1. The van der Waals surface area contributed by atoms with E-state index in [1.807, 2.05) is 12.1 Å². The largest absolute Gasteiger partial charge is 0.489 e. The zero-order valence-electron chi connectivity index (χ0n) is 37.0. The minimum Gasteiger partial charge on any atom is -0.489 e. The average Bonchev–Trinajstić information content (AvgIpc) is 4.10. The topological polar surface area (TPSA) is 288 Å². The number of carbonyl (C=O) groups is 4. The molecular weight excluding hydrogens is 883 g/mol. The maximum Gasteiger partial charge on any atom is 0.354 e. The zero-order valence-corrected chi connectivity index (χ0v) is 37.0. The van der Waals surface area contributed by atoms with Gasteiger partial charge >= 0.3 is 11.4 Å². The second kappa shape index (κ2) is 21.7. The van der Waals surface area contributed by atoms with Crippen molar-refractivity contribution in [1.29, 1.82) is 0 Å². The summed E-state index contributed by atoms with van der Waals surface area (Å²) in [5, 5.41) is 8.55. The van der Waals surface area contributed by atoms with Gasteiger partial charge in [-0.3, -0.25) is 38.6 Å². The molecule has 1 unspecified atom stereocenters. The highest BCUT2D eigenvalue weighted by molar-refractivity contribution is 6.07. The lowest BCUT2D eigenvalue weighted by molar-refractivity contribution is -0.136. The lowest BCUT2D eigenvalue weighted by atomic mass is 10.0. The molecule has 68 heavy (non-hydrogen) atoms. The number of benzene rings is 2. The average molecular weight is 934 g/mol. The number of hydrogen-bond donors (Lipinski definition) is 5. The molecule has 2 aliphatic heterocycles. The summed E-state index contributed by atoms with van der Waals surface area (Å²) >= 11 is 0. The molecule has 1 aliphatic carbocycles. The van der Waals surface area contributed by atoms with Crippen LogP contribution < -0.4 is 48.3 Å². The molecule has 7 N–H and O–H groups in total. The van der Waals surface area contributed by atoms with E-state index >= 15 is 0 Å². The molecule has 2 fully saturated rings. The Balaban J connectivity index is 0.767. The fourth-order valence-electron chi connectivity index (χ4n) is 7.59. The van der Waals surface area contributed by atoms with Gasteiger partial charge in [0, 0.05) is 60.9 Å². The number of imide groups is 1. The fraction of sp³-hybridized carbons (Fsp3) is 0.370. The molecule has 1 atom stereocenters. The van der Waals surface area contributed by atoms with Crippen LogP contribution in [0, 0.1) is 5.92 Å². The second-order valence-corrected chi connectivity index (χ2v) is 16.1. The highest BCUT2D eigenvalue weighted by Gasteiger charge is 2.40. The van der Waals surface area contributed by atoms with Crippen LogP contribution in [0.3, 0.4) is 0 Å². The van der Waals surface area contributed by atoms with Gasteiger partial charge < -0.3 is 50.7 Å². The summed E-state index contributed by atoms with van der Waals surface area (Å²) in [6, 6.07) is 12.4. The minimum absolute atomic E-state index is 0.00261. The van der Waals surface area contributed by atoms with Crippen LogP contribution >= 0.6 is 0 Å². The first-order valence-electron chi connectivity index (χ1n) is 22.2. The number of anilines is 4. The van der Waals surface area contributed by atoms with Gasteiger partial charge in [0.1, 0.15) is 24.3 Å². The SMILES string of the molecule is Nc1ccn(-c2cncc(-n3ccc(N)nc3=O)c2NC(=O)c2ccc(OCCOCCOCCOCCCNc3cccc4c3CN(C3CCC(=O)NC3=O)C4=O)c(OCC3CC3)c2)c(=O)n1. The Bertz CT molecular complexity index is 2720. The van der Waals surface area contributed by atoms with Gasteiger partial charge in [-0.15, -0.1) is 0 Å². The number of nitrogens with one attached hydrogen (secondary N) is 3. The van der Waals surface area contributed by atoms with Crippen LogP contribution in [0.5, 0.6) is 11.5 Å². The van der Waals surface area contributed by atoms with Crippen molar-refractivity contribution in [2.75, 3.05) is 81.5 Å². The highest BCUT2D eigenvalue weighted by atomic mass is 16.6. The summed E-state index contributed by atoms with van der Waals surface area (Å²) in [5.41, 5.74) is 12.7. The van der Waals surface area contributed by atoms with Gasteiger partial charge in [-0.1, -0.05) is 6.07 Å². The maximum absolute atomic E-state index is 14.0. The number of hydrogen-bond acceptors (Lipinski definition) is 17. The van der Waals surface area contributed by atoms with Crippen LogP contribution in [0.15, 0.2) is 82.9 Å². The van der Waals surface area contributed by atoms with E-state index in [4.69, 9.17) is 35.2 Å². The van der Waals surface area contributed by atoms with Crippen molar-refractivity contribution in [3.63, 3.8) is 0 Å². The van der Waals surface area contributed by atoms with E-state index in [1.54, 1.807) is 24.3 Å². The standard InChI is InChI=1S/C46H51N11O11/c47-38-11-14-55(45(62)51-38)34-24-49-25-35(56-15-12-39(48)52-46(56)63)41(34)54-42(59)29-7-9-36(37(23-29)68-27-28-5-6-28)67-22-21-66-20-19-65-18-17-64-16-2-13-50-32-4-1-3-30-31(32)26-57(44(30)61)33-8-10-40(58)53-43(33)60/h1,3-4,7,9,11-12,14-15,23-25,28,33,50H,2,5-6,8,10,13,16-22,26-27H2,(H2,47,51,62)(H2,48,52,63)(H,49,54,59)(H,53,58,60). The van der Waals surface area contributed by atoms with E-state index in [0.717, 1.165) is 33.2 Å². The number of rotatable bonds is 23. The molecule has 22 nitrogen and oxygen atoms in total. The van der Waals surface area contributed by atoms with Crippen molar-refractivity contribution in [1.82, 2.24) is 34.3 Å². The number of aromatic nitrogens is 5. The van der Waals surface area contributed by atoms with Crippen LogP contribution in [0.1, 0.15) is 58.4 Å². The molecule has 2 aromatic carbocycles. The number of fused-ring (bicyclic) bond motifs is 1. The van der Waals surface area contributed by atoms with Crippen LogP contribution in [0.2, 0.25) is 0 Å². The summed E-state index contributed by atoms with van der Waals surface area (Å²) in [6.07, 6.45) is 8.76. The third-order valence-electron chi connectivity index (χ3n) is 11.3. The summed E-state index contributed by atoms with van der Waals surface area (Å²) in [7, 11) is 0. The predicted octanol–water partition coefficient (Wildman–Crippen LogP) is 2.07. The molecule has 5 heterocycles. The zero-order chi connectivity index (χ0) is 47.6. The quantitative estimate of drug-likeness (QED) is 0.0463. The minimum atomic E-state index is -0.738. The van der Waals surface area contributed by atoms with E-state index < -0.39 is 29.2 Å². The Kier molecular flexibility index (Phi) is 15.0. The molecule has 0 spiro atoms. The first kappa shape index (κ1) is 46.8. The number of ether oxygens (including phenoxy) is 5. The van der Waals surface area contributed by atoms with E-state index in [0.29, 0.717) is 88.6 Å². The van der Waals surface area contributed by atoms with Crippen molar-refractivity contribution < 1.29 is 42.9 Å². The van der Waals surface area contributed by atoms with E-state index in [9.17, 15) is 28.8 Å². The molecule has 0 radical (unpaired) electrons. The van der Waals surface area contributed by atoms with Gasteiger partial charge in [0.25, 0.3) is 11.8 Å². The molecule has 356 valence electrons. The number of amides is 4. The Morgan fingerprint density at radius 2 is 1.43 bits per heavy atom. The van der Waals surface area contributed by atoms with Crippen LogP contribution in [0.4, 0.5) is 23.0 Å². The fourth-order valence-corrected chi connectivity index (χ4v) is 7.59. The van der Waals surface area contributed by atoms with Crippen molar-refractivity contribution >= 4 is 46.6 Å². The number of nitrogens with two attached hydrogens (primary N) is 2. The Morgan fingerprint density at radius 1 is 0.765 bits per heavy atom. The summed E-state index contributed by atoms with van der Waals surface area (Å²) in [5.74, 6) is -0.383. The summed E-state index contributed by atoms with van der Waals surface area (Å²) in [4.78, 5) is 90.2. The first-order valence-corrected chi connectivity index (χ1v) is 22.2. The van der Waals surface area contributed by atoms with Gasteiger partial charge in [-0.2, -0.15) is 9.97 Å². The van der Waals surface area contributed by atoms with Crippen molar-refractivity contribution in [3.05, 3.63) is 111 Å². The number of carbonyl (C=O) groups excluding carboxylic acids is 4. The van der Waals surface area contributed by atoms with Crippen LogP contribution in [-0.2, 0) is 30.3 Å². The normalized spacial score (nSPS) is 15.5. The molecule has 5 aromatic rings. The van der Waals surface area contributed by atoms with Crippen LogP contribution in [0.25, 0.3) is 11.4 Å². The number of nitrogens with zero attached hydrogens (tertiary/aromatic N) is 6. The van der Waals surface area contributed by atoms with Crippen molar-refractivity contribution in [2.45, 2.75) is 44.7 Å². The molecule has 3 aromatic heterocycles. The second-order valence-electron chi connectivity index (χ2n) is 16.1. The van der Waals surface area contributed by atoms with Gasteiger partial charge in [0.05, 0.1) is 69.1 Å². The lowest BCUT2D eigenvalue weighted by Crippen LogP contribution is -2.52.